The van der Waals surface area contributed by atoms with Crippen LogP contribution in [0.15, 0.2) is 22.6 Å². The lowest BCUT2D eigenvalue weighted by Crippen LogP contribution is -2.09. The zero-order valence-corrected chi connectivity index (χ0v) is 9.50. The van der Waals surface area contributed by atoms with Crippen molar-refractivity contribution in [3.8, 4) is 0 Å². The van der Waals surface area contributed by atoms with Gasteiger partial charge < -0.3 is 12.9 Å². The molecule has 0 saturated heterocycles. The molecule has 0 amide bonds. The first-order valence-corrected chi connectivity index (χ1v) is 5.00. The summed E-state index contributed by atoms with van der Waals surface area (Å²) in [5.74, 6) is -0.766. The molecule has 0 radical (unpaired) electrons. The van der Waals surface area contributed by atoms with E-state index in [4.69, 9.17) is 11.6 Å². The summed E-state index contributed by atoms with van der Waals surface area (Å²) < 4.78 is 49.0. The summed E-state index contributed by atoms with van der Waals surface area (Å²) in [6.45, 7) is -5.06. The van der Waals surface area contributed by atoms with Crippen molar-refractivity contribution < 1.29 is 17.3 Å². The lowest BCUT2D eigenvalue weighted by molar-refractivity contribution is 0.499. The van der Waals surface area contributed by atoms with Crippen molar-refractivity contribution in [2.24, 2.45) is 0 Å². The highest BCUT2D eigenvalue weighted by atomic mass is 79.9. The molecule has 0 aliphatic carbocycles. The second-order valence-corrected chi connectivity index (χ2v) is 4.03. The topological polar surface area (TPSA) is 0 Å². The van der Waals surface area contributed by atoms with Crippen molar-refractivity contribution in [3.05, 3.63) is 39.0 Å². The summed E-state index contributed by atoms with van der Waals surface area (Å²) >= 11 is 8.54. The van der Waals surface area contributed by atoms with Gasteiger partial charge in [-0.05, 0) is 28.1 Å². The molecular formula is C8H4BBrClF4-. The van der Waals surface area contributed by atoms with Gasteiger partial charge >= 0.3 is 6.98 Å². The van der Waals surface area contributed by atoms with Crippen LogP contribution in [0.25, 0.3) is 6.08 Å². The second kappa shape index (κ2) is 4.57. The minimum absolute atomic E-state index is 0.0265. The Balaban J connectivity index is 3.06. The highest BCUT2D eigenvalue weighted by Crippen LogP contribution is 2.26. The van der Waals surface area contributed by atoms with E-state index in [0.717, 1.165) is 6.07 Å². The van der Waals surface area contributed by atoms with Crippen molar-refractivity contribution in [1.82, 2.24) is 0 Å². The van der Waals surface area contributed by atoms with Crippen LogP contribution in [0.3, 0.4) is 0 Å². The van der Waals surface area contributed by atoms with E-state index in [1.165, 1.54) is 6.07 Å². The molecule has 0 bridgehead atoms. The summed E-state index contributed by atoms with van der Waals surface area (Å²) in [4.78, 5) is 0. The molecule has 0 aliphatic rings. The molecule has 0 nitrogen and oxygen atoms in total. The molecular weight excluding hydrogens is 298 g/mol. The summed E-state index contributed by atoms with van der Waals surface area (Å²) in [7, 11) is 0. The summed E-state index contributed by atoms with van der Waals surface area (Å²) in [5.41, 5.74) is -0.162. The van der Waals surface area contributed by atoms with Crippen molar-refractivity contribution in [1.29, 1.82) is 0 Å². The maximum Gasteiger partial charge on any atom is 0.502 e. The Hall–Kier alpha value is -0.485. The van der Waals surface area contributed by atoms with E-state index in [9.17, 15) is 17.3 Å². The van der Waals surface area contributed by atoms with Crippen LogP contribution < -0.4 is 0 Å². The maximum absolute atomic E-state index is 13.1. The quantitative estimate of drug-likeness (QED) is 0.424. The summed E-state index contributed by atoms with van der Waals surface area (Å²) in [6.07, 6.45) is 0.677. The Morgan fingerprint density at radius 3 is 2.40 bits per heavy atom. The van der Waals surface area contributed by atoms with Crippen molar-refractivity contribution >= 4 is 40.6 Å². The van der Waals surface area contributed by atoms with E-state index in [1.54, 1.807) is 0 Å². The van der Waals surface area contributed by atoms with Crippen LogP contribution >= 0.6 is 27.5 Å². The SMILES string of the molecule is Fc1cc(Cl)c(Br)cc1/C=C/[B-](F)(F)F. The van der Waals surface area contributed by atoms with Gasteiger partial charge in [-0.1, -0.05) is 17.7 Å². The number of hydrogen-bond donors (Lipinski definition) is 0. The summed E-state index contributed by atoms with van der Waals surface area (Å²) in [5, 5.41) is 0.113. The monoisotopic (exact) mass is 301 g/mol. The fraction of sp³-hybridized carbons (Fsp3) is 0. The van der Waals surface area contributed by atoms with Crippen LogP contribution in [0, 0.1) is 5.82 Å². The van der Waals surface area contributed by atoms with Gasteiger partial charge in [0.05, 0.1) is 5.02 Å². The second-order valence-electron chi connectivity index (χ2n) is 2.77. The van der Waals surface area contributed by atoms with E-state index in [0.29, 0.717) is 10.5 Å². The van der Waals surface area contributed by atoms with Gasteiger partial charge in [0.1, 0.15) is 5.82 Å². The third kappa shape index (κ3) is 3.87. The Morgan fingerprint density at radius 1 is 1.27 bits per heavy atom. The number of rotatable bonds is 2. The van der Waals surface area contributed by atoms with Gasteiger partial charge in [0.15, 0.2) is 0 Å². The molecule has 0 unspecified atom stereocenters. The Morgan fingerprint density at radius 2 is 1.87 bits per heavy atom. The first-order chi connectivity index (χ1) is 6.79. The average Bonchev–Trinajstić information content (AvgIpc) is 2.07. The van der Waals surface area contributed by atoms with Crippen molar-refractivity contribution in [2.75, 3.05) is 0 Å². The van der Waals surface area contributed by atoms with Crippen LogP contribution in [0.2, 0.25) is 5.02 Å². The Kier molecular flexibility index (Phi) is 3.84. The highest BCUT2D eigenvalue weighted by Gasteiger charge is 2.17. The van der Waals surface area contributed by atoms with E-state index in [-0.39, 0.29) is 16.6 Å². The van der Waals surface area contributed by atoms with Gasteiger partial charge in [0, 0.05) is 10.0 Å². The molecule has 1 aromatic carbocycles. The van der Waals surface area contributed by atoms with E-state index in [2.05, 4.69) is 15.9 Å². The molecule has 0 fully saturated rings. The molecule has 82 valence electrons. The van der Waals surface area contributed by atoms with Crippen molar-refractivity contribution in [2.45, 2.75) is 0 Å². The smallest absolute Gasteiger partial charge is 0.445 e. The van der Waals surface area contributed by atoms with Gasteiger partial charge in [0.25, 0.3) is 0 Å². The largest absolute Gasteiger partial charge is 0.502 e. The van der Waals surface area contributed by atoms with Gasteiger partial charge in [-0.25, -0.2) is 4.39 Å². The molecule has 0 heterocycles. The molecule has 0 aromatic heterocycles. The zero-order valence-electron chi connectivity index (χ0n) is 7.15. The van der Waals surface area contributed by atoms with Crippen LogP contribution in [0.4, 0.5) is 17.3 Å². The minimum atomic E-state index is -5.06. The first-order valence-electron chi connectivity index (χ1n) is 3.83. The third-order valence-electron chi connectivity index (χ3n) is 1.53. The Bertz CT molecular complexity index is 402. The fourth-order valence-corrected chi connectivity index (χ4v) is 1.39. The van der Waals surface area contributed by atoms with E-state index < -0.39 is 12.8 Å². The van der Waals surface area contributed by atoms with Crippen LogP contribution in [-0.4, -0.2) is 6.98 Å². The predicted molar refractivity (Wildman–Crippen MR) is 57.2 cm³/mol. The average molecular weight is 302 g/mol. The van der Waals surface area contributed by atoms with Gasteiger partial charge in [0.2, 0.25) is 0 Å². The normalized spacial score (nSPS) is 12.4. The fourth-order valence-electron chi connectivity index (χ4n) is 0.878. The minimum Gasteiger partial charge on any atom is -0.445 e. The van der Waals surface area contributed by atoms with Crippen LogP contribution in [-0.2, 0) is 0 Å². The number of benzene rings is 1. The molecule has 7 heteroatoms. The van der Waals surface area contributed by atoms with E-state index in [1.807, 2.05) is 0 Å². The van der Waals surface area contributed by atoms with Crippen LogP contribution in [0.1, 0.15) is 5.56 Å². The maximum atomic E-state index is 13.1. The predicted octanol–water partition coefficient (Wildman–Crippen LogP) is 4.64. The molecule has 1 aromatic rings. The molecule has 0 atom stereocenters. The van der Waals surface area contributed by atoms with E-state index >= 15 is 0 Å². The molecule has 0 spiro atoms. The van der Waals surface area contributed by atoms with Gasteiger partial charge in [-0.3, -0.25) is 0 Å². The van der Waals surface area contributed by atoms with Gasteiger partial charge in [-0.2, -0.15) is 0 Å². The first kappa shape index (κ1) is 12.6. The molecule has 0 N–H and O–H groups in total. The lowest BCUT2D eigenvalue weighted by Gasteiger charge is -2.07. The molecule has 15 heavy (non-hydrogen) atoms. The van der Waals surface area contributed by atoms with Crippen molar-refractivity contribution in [3.63, 3.8) is 0 Å². The van der Waals surface area contributed by atoms with Crippen LogP contribution in [0.5, 0.6) is 0 Å². The highest BCUT2D eigenvalue weighted by molar-refractivity contribution is 9.10. The number of hydrogen-bond acceptors (Lipinski definition) is 0. The number of halogens is 6. The Labute approximate surface area is 97.1 Å². The third-order valence-corrected chi connectivity index (χ3v) is 2.73. The summed E-state index contributed by atoms with van der Waals surface area (Å²) in [6, 6.07) is 2.14. The standard InChI is InChI=1S/C8H4BBrClF4/c10-6-3-5(1-2-9(13,14)15)8(12)4-7(6)11/h1-4H/q-1/b2-1+. The zero-order chi connectivity index (χ0) is 11.6. The molecule has 0 aliphatic heterocycles. The van der Waals surface area contributed by atoms with Gasteiger partial charge in [-0.15, -0.1) is 5.98 Å². The molecule has 0 saturated carbocycles. The molecule has 1 rings (SSSR count). The lowest BCUT2D eigenvalue weighted by atomic mass is 9.90.